The van der Waals surface area contributed by atoms with Crippen LogP contribution >= 0.6 is 35.0 Å². The fraction of sp³-hybridized carbons (Fsp3) is 0.154. The van der Waals surface area contributed by atoms with Crippen LogP contribution in [-0.2, 0) is 4.79 Å². The second kappa shape index (κ2) is 7.04. The molecule has 1 aromatic heterocycles. The van der Waals surface area contributed by atoms with Gasteiger partial charge >= 0.3 is 0 Å². The smallest absolute Gasteiger partial charge is 0.253 e. The summed E-state index contributed by atoms with van der Waals surface area (Å²) in [7, 11) is 0. The number of aromatic nitrogens is 2. The van der Waals surface area contributed by atoms with Gasteiger partial charge in [-0.1, -0.05) is 35.0 Å². The SMILES string of the molecule is CC(Sc1nc(N)cc(=O)[nH]1)C(=O)Nc1cc(Cl)ccc1Cl. The van der Waals surface area contributed by atoms with Gasteiger partial charge in [0.15, 0.2) is 5.16 Å². The number of nitrogens with zero attached hydrogens (tertiary/aromatic N) is 1. The molecule has 1 amide bonds. The lowest BCUT2D eigenvalue weighted by Crippen LogP contribution is -2.23. The van der Waals surface area contributed by atoms with Gasteiger partial charge in [-0.2, -0.15) is 0 Å². The van der Waals surface area contributed by atoms with Crippen LogP contribution < -0.4 is 16.6 Å². The van der Waals surface area contributed by atoms with E-state index in [1.807, 2.05) is 0 Å². The van der Waals surface area contributed by atoms with Crippen molar-refractivity contribution < 1.29 is 4.79 Å². The van der Waals surface area contributed by atoms with Crippen LogP contribution in [0.25, 0.3) is 0 Å². The zero-order valence-electron chi connectivity index (χ0n) is 11.4. The van der Waals surface area contributed by atoms with Crippen LogP contribution in [0.5, 0.6) is 0 Å². The normalized spacial score (nSPS) is 12.0. The molecular weight excluding hydrogens is 347 g/mol. The van der Waals surface area contributed by atoms with Gasteiger partial charge < -0.3 is 16.0 Å². The van der Waals surface area contributed by atoms with E-state index in [9.17, 15) is 9.59 Å². The van der Waals surface area contributed by atoms with Crippen molar-refractivity contribution in [1.29, 1.82) is 0 Å². The standard InChI is InChI=1S/C13H12Cl2N4O2S/c1-6(22-13-18-10(16)5-11(20)19-13)12(21)17-9-4-7(14)2-3-8(9)15/h2-6H,1H3,(H,17,21)(H3,16,18,19,20). The molecule has 0 aliphatic rings. The number of H-pyrrole nitrogens is 1. The molecule has 4 N–H and O–H groups in total. The third-order valence-electron chi connectivity index (χ3n) is 2.58. The molecule has 22 heavy (non-hydrogen) atoms. The van der Waals surface area contributed by atoms with E-state index in [1.54, 1.807) is 25.1 Å². The number of aromatic amines is 1. The van der Waals surface area contributed by atoms with Gasteiger partial charge in [0.2, 0.25) is 5.91 Å². The molecule has 0 bridgehead atoms. The maximum Gasteiger partial charge on any atom is 0.253 e. The average Bonchev–Trinajstić information content (AvgIpc) is 2.41. The van der Waals surface area contributed by atoms with Gasteiger partial charge in [0.25, 0.3) is 5.56 Å². The number of carbonyl (C=O) groups is 1. The van der Waals surface area contributed by atoms with Gasteiger partial charge in [-0.3, -0.25) is 9.59 Å². The highest BCUT2D eigenvalue weighted by Gasteiger charge is 2.17. The number of nitrogen functional groups attached to an aromatic ring is 1. The van der Waals surface area contributed by atoms with E-state index in [2.05, 4.69) is 15.3 Å². The van der Waals surface area contributed by atoms with Crippen molar-refractivity contribution in [2.75, 3.05) is 11.1 Å². The first kappa shape index (κ1) is 16.7. The Morgan fingerprint density at radius 1 is 1.41 bits per heavy atom. The molecule has 1 heterocycles. The highest BCUT2D eigenvalue weighted by Crippen LogP contribution is 2.27. The first-order chi connectivity index (χ1) is 10.3. The summed E-state index contributed by atoms with van der Waals surface area (Å²) >= 11 is 12.9. The Hall–Kier alpha value is -1.70. The Labute approximate surface area is 140 Å². The monoisotopic (exact) mass is 358 g/mol. The molecule has 2 rings (SSSR count). The number of nitrogens with one attached hydrogen (secondary N) is 2. The van der Waals surface area contributed by atoms with Crippen molar-refractivity contribution in [2.45, 2.75) is 17.3 Å². The van der Waals surface area contributed by atoms with E-state index in [4.69, 9.17) is 28.9 Å². The maximum atomic E-state index is 12.2. The molecule has 0 saturated heterocycles. The third-order valence-corrected chi connectivity index (χ3v) is 4.13. The highest BCUT2D eigenvalue weighted by molar-refractivity contribution is 8.00. The Morgan fingerprint density at radius 3 is 2.82 bits per heavy atom. The van der Waals surface area contributed by atoms with Crippen molar-refractivity contribution in [2.24, 2.45) is 0 Å². The lowest BCUT2D eigenvalue weighted by Gasteiger charge is -2.12. The Balaban J connectivity index is 2.09. The third kappa shape index (κ3) is 4.40. The fourth-order valence-electron chi connectivity index (χ4n) is 1.56. The first-order valence-corrected chi connectivity index (χ1v) is 7.78. The number of hydrogen-bond acceptors (Lipinski definition) is 5. The Kier molecular flexibility index (Phi) is 5.33. The first-order valence-electron chi connectivity index (χ1n) is 6.14. The second-order valence-electron chi connectivity index (χ2n) is 4.35. The molecule has 2 aromatic rings. The van der Waals surface area contributed by atoms with Crippen LogP contribution in [0, 0.1) is 0 Å². The molecule has 0 aliphatic carbocycles. The molecule has 9 heteroatoms. The molecule has 116 valence electrons. The number of nitrogens with two attached hydrogens (primary N) is 1. The maximum absolute atomic E-state index is 12.2. The molecule has 0 fully saturated rings. The van der Waals surface area contributed by atoms with Gasteiger partial charge in [-0.25, -0.2) is 4.98 Å². The summed E-state index contributed by atoms with van der Waals surface area (Å²) in [6, 6.07) is 5.94. The number of benzene rings is 1. The molecule has 6 nitrogen and oxygen atoms in total. The molecule has 1 aromatic carbocycles. The highest BCUT2D eigenvalue weighted by atomic mass is 35.5. The fourth-order valence-corrected chi connectivity index (χ4v) is 2.71. The van der Waals surface area contributed by atoms with Crippen molar-refractivity contribution in [1.82, 2.24) is 9.97 Å². The van der Waals surface area contributed by atoms with Gasteiger partial charge in [0, 0.05) is 11.1 Å². The van der Waals surface area contributed by atoms with Gasteiger partial charge in [0.05, 0.1) is 16.0 Å². The van der Waals surface area contributed by atoms with Gasteiger partial charge in [0.1, 0.15) is 5.82 Å². The number of anilines is 2. The predicted octanol–water partition coefficient (Wildman–Crippen LogP) is 2.78. The summed E-state index contributed by atoms with van der Waals surface area (Å²) < 4.78 is 0. The quantitative estimate of drug-likeness (QED) is 0.576. The molecule has 1 unspecified atom stereocenters. The molecule has 0 spiro atoms. The number of halogens is 2. The summed E-state index contributed by atoms with van der Waals surface area (Å²) in [5.41, 5.74) is 5.54. The minimum Gasteiger partial charge on any atom is -0.383 e. The topological polar surface area (TPSA) is 101 Å². The van der Waals surface area contributed by atoms with E-state index in [1.165, 1.54) is 6.07 Å². The second-order valence-corrected chi connectivity index (χ2v) is 6.52. The summed E-state index contributed by atoms with van der Waals surface area (Å²) in [4.78, 5) is 29.9. The van der Waals surface area contributed by atoms with Crippen LogP contribution in [0.2, 0.25) is 10.0 Å². The molecule has 0 radical (unpaired) electrons. The zero-order valence-corrected chi connectivity index (χ0v) is 13.7. The van der Waals surface area contributed by atoms with E-state index < -0.39 is 5.25 Å². The largest absolute Gasteiger partial charge is 0.383 e. The van der Waals surface area contributed by atoms with Crippen molar-refractivity contribution in [3.63, 3.8) is 0 Å². The summed E-state index contributed by atoms with van der Waals surface area (Å²) in [5, 5.41) is 3.25. The minimum atomic E-state index is -0.528. The van der Waals surface area contributed by atoms with Crippen molar-refractivity contribution in [3.05, 3.63) is 44.7 Å². The molecule has 1 atom stereocenters. The van der Waals surface area contributed by atoms with Crippen LogP contribution in [0.15, 0.2) is 34.2 Å². The Bertz CT molecular complexity index is 766. The van der Waals surface area contributed by atoms with E-state index in [-0.39, 0.29) is 22.4 Å². The van der Waals surface area contributed by atoms with Crippen molar-refractivity contribution in [3.8, 4) is 0 Å². The molecule has 0 saturated carbocycles. The van der Waals surface area contributed by atoms with Crippen molar-refractivity contribution >= 4 is 52.4 Å². The van der Waals surface area contributed by atoms with E-state index in [0.29, 0.717) is 15.7 Å². The number of thioether (sulfide) groups is 1. The van der Waals surface area contributed by atoms with E-state index >= 15 is 0 Å². The summed E-state index contributed by atoms with van der Waals surface area (Å²) in [6.07, 6.45) is 0. The van der Waals surface area contributed by atoms with Gasteiger partial charge in [-0.05, 0) is 25.1 Å². The number of amides is 1. The minimum absolute atomic E-state index is 0.0942. The summed E-state index contributed by atoms with van der Waals surface area (Å²) in [5.74, 6) is -0.212. The van der Waals surface area contributed by atoms with Crippen LogP contribution in [0.3, 0.4) is 0 Å². The number of carbonyl (C=O) groups excluding carboxylic acids is 1. The van der Waals surface area contributed by atoms with Crippen LogP contribution in [0.4, 0.5) is 11.5 Å². The average molecular weight is 359 g/mol. The predicted molar refractivity (Wildman–Crippen MR) is 89.7 cm³/mol. The Morgan fingerprint density at radius 2 is 2.14 bits per heavy atom. The molecular formula is C13H12Cl2N4O2S. The summed E-state index contributed by atoms with van der Waals surface area (Å²) in [6.45, 7) is 1.67. The van der Waals surface area contributed by atoms with Crippen LogP contribution in [0.1, 0.15) is 6.92 Å². The zero-order chi connectivity index (χ0) is 16.3. The van der Waals surface area contributed by atoms with E-state index in [0.717, 1.165) is 11.8 Å². The van der Waals surface area contributed by atoms with Crippen LogP contribution in [-0.4, -0.2) is 21.1 Å². The lowest BCUT2D eigenvalue weighted by molar-refractivity contribution is -0.115. The van der Waals surface area contributed by atoms with Gasteiger partial charge in [-0.15, -0.1) is 0 Å². The lowest BCUT2D eigenvalue weighted by atomic mass is 10.3. The number of rotatable bonds is 4. The molecule has 0 aliphatic heterocycles. The number of hydrogen-bond donors (Lipinski definition) is 3.